The van der Waals surface area contributed by atoms with Crippen LogP contribution in [0.1, 0.15) is 13.8 Å². The highest BCUT2D eigenvalue weighted by atomic mass is 35.5. The van der Waals surface area contributed by atoms with Crippen LogP contribution in [0, 0.1) is 0 Å². The van der Waals surface area contributed by atoms with Gasteiger partial charge in [0.05, 0.1) is 18.5 Å². The van der Waals surface area contributed by atoms with Crippen LogP contribution in [0.15, 0.2) is 0 Å². The molecule has 0 amide bonds. The summed E-state index contributed by atoms with van der Waals surface area (Å²) in [6.45, 7) is 5.60. The number of rotatable bonds is 3. The van der Waals surface area contributed by atoms with Gasteiger partial charge in [-0.25, -0.2) is 0 Å². The molecule has 1 rings (SSSR count). The van der Waals surface area contributed by atoms with Crippen LogP contribution in [0.2, 0.25) is 0 Å². The van der Waals surface area contributed by atoms with Crippen LogP contribution in [-0.4, -0.2) is 42.0 Å². The molecule has 1 aliphatic rings. The molecule has 0 radical (unpaired) electrons. The number of carbonyl (C=O) groups is 1. The molecular weight excluding hydrogens is 178 g/mol. The Morgan fingerprint density at radius 2 is 2.50 bits per heavy atom. The van der Waals surface area contributed by atoms with E-state index >= 15 is 0 Å². The van der Waals surface area contributed by atoms with Crippen molar-refractivity contribution in [2.75, 3.05) is 19.7 Å². The van der Waals surface area contributed by atoms with Gasteiger partial charge in [0.2, 0.25) is 0 Å². The molecule has 2 atom stereocenters. The van der Waals surface area contributed by atoms with Crippen LogP contribution in [0.4, 0.5) is 0 Å². The van der Waals surface area contributed by atoms with Gasteiger partial charge in [0.25, 0.3) is 0 Å². The lowest BCUT2D eigenvalue weighted by Gasteiger charge is -2.18. The van der Waals surface area contributed by atoms with Gasteiger partial charge in [0.1, 0.15) is 6.23 Å². The molecule has 1 aliphatic heterocycles. The Morgan fingerprint density at radius 1 is 1.83 bits per heavy atom. The zero-order valence-electron chi connectivity index (χ0n) is 7.42. The molecule has 0 aromatic rings. The van der Waals surface area contributed by atoms with E-state index in [0.717, 1.165) is 6.54 Å². The van der Waals surface area contributed by atoms with Crippen LogP contribution in [0.3, 0.4) is 0 Å². The number of ketones is 1. The SMILES string of the molecule is CC(Cl)C(=O)CN1CCOC1C. The van der Waals surface area contributed by atoms with Crippen molar-refractivity contribution in [2.45, 2.75) is 25.5 Å². The van der Waals surface area contributed by atoms with Gasteiger partial charge in [-0.3, -0.25) is 9.69 Å². The monoisotopic (exact) mass is 191 g/mol. The molecule has 2 unspecified atom stereocenters. The summed E-state index contributed by atoms with van der Waals surface area (Å²) in [6.07, 6.45) is 0.0596. The highest BCUT2D eigenvalue weighted by Gasteiger charge is 2.24. The number of Topliss-reactive ketones (excluding diaryl/α,β-unsaturated/α-hetero) is 1. The van der Waals surface area contributed by atoms with Gasteiger partial charge in [0, 0.05) is 6.54 Å². The first-order valence-electron chi connectivity index (χ1n) is 4.13. The van der Waals surface area contributed by atoms with E-state index in [4.69, 9.17) is 16.3 Å². The molecule has 0 aromatic carbocycles. The maximum absolute atomic E-state index is 11.2. The number of nitrogens with zero attached hydrogens (tertiary/aromatic N) is 1. The van der Waals surface area contributed by atoms with Crippen LogP contribution in [0.5, 0.6) is 0 Å². The first kappa shape index (κ1) is 9.96. The number of hydrogen-bond donors (Lipinski definition) is 0. The van der Waals surface area contributed by atoms with Crippen molar-refractivity contribution in [1.29, 1.82) is 0 Å². The molecule has 0 spiro atoms. The van der Waals surface area contributed by atoms with Crippen molar-refractivity contribution in [3.8, 4) is 0 Å². The third-order valence-electron chi connectivity index (χ3n) is 2.05. The van der Waals surface area contributed by atoms with E-state index in [1.807, 2.05) is 11.8 Å². The predicted octanol–water partition coefficient (Wildman–Crippen LogP) is 0.861. The second-order valence-corrected chi connectivity index (χ2v) is 3.68. The Morgan fingerprint density at radius 3 is 2.92 bits per heavy atom. The molecule has 0 saturated carbocycles. The Kier molecular flexibility index (Phi) is 3.50. The van der Waals surface area contributed by atoms with Crippen molar-refractivity contribution in [2.24, 2.45) is 0 Å². The second-order valence-electron chi connectivity index (χ2n) is 3.02. The van der Waals surface area contributed by atoms with Gasteiger partial charge < -0.3 is 4.74 Å². The van der Waals surface area contributed by atoms with Crippen LogP contribution >= 0.6 is 11.6 Å². The lowest BCUT2D eigenvalue weighted by atomic mass is 10.3. The molecule has 0 aromatic heterocycles. The molecule has 3 nitrogen and oxygen atoms in total. The fourth-order valence-corrected chi connectivity index (χ4v) is 1.23. The normalized spacial score (nSPS) is 27.4. The van der Waals surface area contributed by atoms with E-state index in [1.54, 1.807) is 6.92 Å². The van der Waals surface area contributed by atoms with Crippen LogP contribution in [-0.2, 0) is 9.53 Å². The molecule has 0 bridgehead atoms. The van der Waals surface area contributed by atoms with E-state index in [1.165, 1.54) is 0 Å². The number of halogens is 1. The highest BCUT2D eigenvalue weighted by Crippen LogP contribution is 2.09. The first-order chi connectivity index (χ1) is 5.61. The van der Waals surface area contributed by atoms with Crippen molar-refractivity contribution in [1.82, 2.24) is 4.90 Å². The predicted molar refractivity (Wildman–Crippen MR) is 47.3 cm³/mol. The largest absolute Gasteiger partial charge is 0.362 e. The fraction of sp³-hybridized carbons (Fsp3) is 0.875. The molecule has 0 N–H and O–H groups in total. The maximum atomic E-state index is 11.2. The van der Waals surface area contributed by atoms with Crippen molar-refractivity contribution >= 4 is 17.4 Å². The van der Waals surface area contributed by atoms with Crippen molar-refractivity contribution < 1.29 is 9.53 Å². The average molecular weight is 192 g/mol. The highest BCUT2D eigenvalue weighted by molar-refractivity contribution is 6.31. The van der Waals surface area contributed by atoms with Crippen molar-refractivity contribution in [3.63, 3.8) is 0 Å². The minimum absolute atomic E-state index is 0.0596. The second kappa shape index (κ2) is 4.21. The third-order valence-corrected chi connectivity index (χ3v) is 2.30. The summed E-state index contributed by atoms with van der Waals surface area (Å²) >= 11 is 5.64. The quantitative estimate of drug-likeness (QED) is 0.620. The van der Waals surface area contributed by atoms with Gasteiger partial charge >= 0.3 is 0 Å². The van der Waals surface area contributed by atoms with E-state index < -0.39 is 5.38 Å². The summed E-state index contributed by atoms with van der Waals surface area (Å²) < 4.78 is 5.28. The Balaban J connectivity index is 2.35. The summed E-state index contributed by atoms with van der Waals surface area (Å²) in [5.74, 6) is 0.0639. The number of hydrogen-bond acceptors (Lipinski definition) is 3. The molecule has 0 aliphatic carbocycles. The standard InChI is InChI=1S/C8H14ClNO2/c1-6(9)8(11)5-10-3-4-12-7(10)2/h6-7H,3-5H2,1-2H3. The van der Waals surface area contributed by atoms with Crippen LogP contribution < -0.4 is 0 Å². The summed E-state index contributed by atoms with van der Waals surface area (Å²) in [6, 6.07) is 0. The van der Waals surface area contributed by atoms with Crippen molar-refractivity contribution in [3.05, 3.63) is 0 Å². The molecule has 12 heavy (non-hydrogen) atoms. The van der Waals surface area contributed by atoms with E-state index in [0.29, 0.717) is 13.2 Å². The summed E-state index contributed by atoms with van der Waals surface area (Å²) in [5.41, 5.74) is 0. The summed E-state index contributed by atoms with van der Waals surface area (Å²) in [7, 11) is 0. The lowest BCUT2D eigenvalue weighted by Crippen LogP contribution is -2.35. The summed E-state index contributed by atoms with van der Waals surface area (Å²) in [4.78, 5) is 13.2. The lowest BCUT2D eigenvalue weighted by molar-refractivity contribution is -0.120. The van der Waals surface area contributed by atoms with E-state index in [-0.39, 0.29) is 12.0 Å². The average Bonchev–Trinajstić information content (AvgIpc) is 2.36. The third kappa shape index (κ3) is 2.44. The first-order valence-corrected chi connectivity index (χ1v) is 4.57. The zero-order chi connectivity index (χ0) is 9.14. The topological polar surface area (TPSA) is 29.5 Å². The van der Waals surface area contributed by atoms with Gasteiger partial charge in [0.15, 0.2) is 5.78 Å². The van der Waals surface area contributed by atoms with Gasteiger partial charge in [-0.1, -0.05) is 0 Å². The number of alkyl halides is 1. The Labute approximate surface area is 77.6 Å². The fourth-order valence-electron chi connectivity index (χ4n) is 1.16. The smallest absolute Gasteiger partial charge is 0.164 e. The van der Waals surface area contributed by atoms with E-state index in [2.05, 4.69) is 0 Å². The van der Waals surface area contributed by atoms with E-state index in [9.17, 15) is 4.79 Å². The zero-order valence-corrected chi connectivity index (χ0v) is 8.17. The van der Waals surface area contributed by atoms with Gasteiger partial charge in [-0.05, 0) is 13.8 Å². The molecule has 1 heterocycles. The molecule has 4 heteroatoms. The van der Waals surface area contributed by atoms with Crippen LogP contribution in [0.25, 0.3) is 0 Å². The van der Waals surface area contributed by atoms with Gasteiger partial charge in [-0.15, -0.1) is 11.6 Å². The Hall–Kier alpha value is -0.120. The minimum Gasteiger partial charge on any atom is -0.362 e. The van der Waals surface area contributed by atoms with Gasteiger partial charge in [-0.2, -0.15) is 0 Å². The molecule has 70 valence electrons. The maximum Gasteiger partial charge on any atom is 0.164 e. The molecule has 1 fully saturated rings. The number of ether oxygens (including phenoxy) is 1. The molecule has 1 saturated heterocycles. The Bertz CT molecular complexity index is 172. The minimum atomic E-state index is -0.391. The summed E-state index contributed by atoms with van der Waals surface area (Å²) in [5, 5.41) is -0.391. The number of carbonyl (C=O) groups excluding carboxylic acids is 1. The molecular formula is C8H14ClNO2.